The smallest absolute Gasteiger partial charge is 0.211 e. The van der Waals surface area contributed by atoms with Gasteiger partial charge in [0.2, 0.25) is 5.16 Å². The van der Waals surface area contributed by atoms with E-state index in [0.717, 1.165) is 5.56 Å². The van der Waals surface area contributed by atoms with Crippen molar-refractivity contribution in [3.63, 3.8) is 0 Å². The van der Waals surface area contributed by atoms with Gasteiger partial charge in [0.1, 0.15) is 6.33 Å². The molecule has 7 nitrogen and oxygen atoms in total. The summed E-state index contributed by atoms with van der Waals surface area (Å²) in [5.41, 5.74) is 0.861. The summed E-state index contributed by atoms with van der Waals surface area (Å²) < 4.78 is 12.0. The second-order valence-electron chi connectivity index (χ2n) is 3.89. The van der Waals surface area contributed by atoms with Crippen molar-refractivity contribution in [1.82, 2.24) is 14.9 Å². The van der Waals surface area contributed by atoms with Crippen LogP contribution in [0.15, 0.2) is 34.8 Å². The highest BCUT2D eigenvalue weighted by atomic mass is 32.2. The number of aromatic nitrogens is 3. The number of rotatable bonds is 7. The molecule has 0 unspecified atom stereocenters. The Labute approximate surface area is 126 Å². The number of thioether (sulfide) groups is 1. The molecule has 112 valence electrons. The first-order valence-electron chi connectivity index (χ1n) is 6.18. The Balaban J connectivity index is 2.16. The number of hydrogen-bond acceptors (Lipinski definition) is 7. The van der Waals surface area contributed by atoms with E-state index in [0.29, 0.717) is 22.4 Å². The topological polar surface area (TPSA) is 81.8 Å². The van der Waals surface area contributed by atoms with E-state index >= 15 is 0 Å². The zero-order chi connectivity index (χ0) is 15.1. The molecule has 0 atom stereocenters. The molecule has 1 heterocycles. The standard InChI is InChI=1S/C13H16N4O3S/c1-19-11-4-3-10(7-12(11)20-2)8-15-17-9-14-16-13(17)21-6-5-18/h3-4,7-9,18H,5-6H2,1-2H3/b15-8-. The fourth-order valence-electron chi connectivity index (χ4n) is 1.59. The molecule has 0 fully saturated rings. The van der Waals surface area contributed by atoms with Crippen molar-refractivity contribution < 1.29 is 14.6 Å². The molecule has 8 heteroatoms. The van der Waals surface area contributed by atoms with Gasteiger partial charge in [-0.3, -0.25) is 0 Å². The lowest BCUT2D eigenvalue weighted by molar-refractivity contribution is 0.322. The molecule has 0 saturated heterocycles. The van der Waals surface area contributed by atoms with Crippen molar-refractivity contribution >= 4 is 18.0 Å². The van der Waals surface area contributed by atoms with E-state index in [1.165, 1.54) is 18.1 Å². The monoisotopic (exact) mass is 308 g/mol. The van der Waals surface area contributed by atoms with Crippen molar-refractivity contribution in [3.8, 4) is 11.5 Å². The van der Waals surface area contributed by atoms with Gasteiger partial charge in [-0.2, -0.15) is 9.78 Å². The second kappa shape index (κ2) is 7.65. The molecule has 1 N–H and O–H groups in total. The fourth-order valence-corrected chi connectivity index (χ4v) is 2.20. The molecule has 0 bridgehead atoms. The largest absolute Gasteiger partial charge is 0.493 e. The highest BCUT2D eigenvalue weighted by Gasteiger charge is 2.05. The Morgan fingerprint density at radius 3 is 2.86 bits per heavy atom. The predicted octanol–water partition coefficient (Wildman–Crippen LogP) is 1.26. The van der Waals surface area contributed by atoms with E-state index in [9.17, 15) is 0 Å². The first-order valence-corrected chi connectivity index (χ1v) is 7.17. The number of methoxy groups -OCH3 is 2. The number of benzene rings is 1. The lowest BCUT2D eigenvalue weighted by Crippen LogP contribution is -1.95. The van der Waals surface area contributed by atoms with Crippen molar-refractivity contribution in [2.45, 2.75) is 5.16 Å². The van der Waals surface area contributed by atoms with Crippen molar-refractivity contribution in [2.75, 3.05) is 26.6 Å². The predicted molar refractivity (Wildman–Crippen MR) is 80.4 cm³/mol. The Bertz CT molecular complexity index is 615. The van der Waals surface area contributed by atoms with Gasteiger partial charge < -0.3 is 14.6 Å². The van der Waals surface area contributed by atoms with E-state index in [1.807, 2.05) is 18.2 Å². The Morgan fingerprint density at radius 2 is 2.14 bits per heavy atom. The van der Waals surface area contributed by atoms with Crippen LogP contribution in [0.25, 0.3) is 0 Å². The van der Waals surface area contributed by atoms with E-state index in [1.54, 1.807) is 25.1 Å². The molecule has 0 aliphatic heterocycles. The summed E-state index contributed by atoms with van der Waals surface area (Å²) >= 11 is 1.38. The van der Waals surface area contributed by atoms with Crippen LogP contribution in [0.4, 0.5) is 0 Å². The summed E-state index contributed by atoms with van der Waals surface area (Å²) in [7, 11) is 3.18. The van der Waals surface area contributed by atoms with Crippen LogP contribution in [-0.2, 0) is 0 Å². The average molecular weight is 308 g/mol. The van der Waals surface area contributed by atoms with E-state index in [-0.39, 0.29) is 6.61 Å². The molecule has 1 aromatic carbocycles. The summed E-state index contributed by atoms with van der Waals surface area (Å²) in [6.45, 7) is 0.0803. The third-order valence-electron chi connectivity index (χ3n) is 2.56. The molecule has 0 amide bonds. The molecule has 2 aromatic rings. The van der Waals surface area contributed by atoms with Crippen LogP contribution < -0.4 is 9.47 Å². The normalized spacial score (nSPS) is 11.0. The molecule has 21 heavy (non-hydrogen) atoms. The van der Waals surface area contributed by atoms with Crippen LogP contribution >= 0.6 is 11.8 Å². The van der Waals surface area contributed by atoms with E-state index < -0.39 is 0 Å². The number of aliphatic hydroxyl groups is 1. The Kier molecular flexibility index (Phi) is 5.59. The fraction of sp³-hybridized carbons (Fsp3) is 0.308. The van der Waals surface area contributed by atoms with E-state index in [2.05, 4.69) is 15.3 Å². The van der Waals surface area contributed by atoms with Gasteiger partial charge in [0.15, 0.2) is 11.5 Å². The third-order valence-corrected chi connectivity index (χ3v) is 3.48. The molecule has 2 rings (SSSR count). The zero-order valence-electron chi connectivity index (χ0n) is 11.8. The summed E-state index contributed by atoms with van der Waals surface area (Å²) in [5.74, 6) is 1.85. The average Bonchev–Trinajstić information content (AvgIpc) is 2.97. The minimum atomic E-state index is 0.0803. The van der Waals surface area contributed by atoms with E-state index in [4.69, 9.17) is 14.6 Å². The Hall–Kier alpha value is -2.06. The molecular formula is C13H16N4O3S. The van der Waals surface area contributed by atoms with Crippen molar-refractivity contribution in [1.29, 1.82) is 0 Å². The van der Waals surface area contributed by atoms with Gasteiger partial charge in [-0.25, -0.2) is 0 Å². The van der Waals surface area contributed by atoms with Gasteiger partial charge in [-0.05, 0) is 23.8 Å². The maximum absolute atomic E-state index is 8.83. The maximum atomic E-state index is 8.83. The van der Waals surface area contributed by atoms with Gasteiger partial charge in [-0.1, -0.05) is 11.8 Å². The van der Waals surface area contributed by atoms with Crippen LogP contribution in [0.3, 0.4) is 0 Å². The summed E-state index contributed by atoms with van der Waals surface area (Å²) in [6, 6.07) is 5.51. The summed E-state index contributed by atoms with van der Waals surface area (Å²) in [4.78, 5) is 0. The van der Waals surface area contributed by atoms with Crippen molar-refractivity contribution in [2.24, 2.45) is 5.10 Å². The minimum absolute atomic E-state index is 0.0803. The molecule has 0 saturated carbocycles. The quantitative estimate of drug-likeness (QED) is 0.612. The molecule has 1 aromatic heterocycles. The first-order chi connectivity index (χ1) is 10.3. The summed E-state index contributed by atoms with van der Waals surface area (Å²) in [6.07, 6.45) is 3.19. The van der Waals surface area contributed by atoms with Crippen molar-refractivity contribution in [3.05, 3.63) is 30.1 Å². The van der Waals surface area contributed by atoms with Crippen LogP contribution in [0.2, 0.25) is 0 Å². The summed E-state index contributed by atoms with van der Waals surface area (Å²) in [5, 5.41) is 21.5. The maximum Gasteiger partial charge on any atom is 0.211 e. The molecular weight excluding hydrogens is 292 g/mol. The number of nitrogens with zero attached hydrogens (tertiary/aromatic N) is 4. The second-order valence-corrected chi connectivity index (χ2v) is 4.95. The minimum Gasteiger partial charge on any atom is -0.493 e. The molecule has 0 radical (unpaired) electrons. The SMILES string of the molecule is COc1ccc(/C=N\n2cnnc2SCCO)cc1OC. The van der Waals surface area contributed by atoms with Crippen LogP contribution in [0.1, 0.15) is 5.56 Å². The number of ether oxygens (including phenoxy) is 2. The number of hydrogen-bond donors (Lipinski definition) is 1. The van der Waals surface area contributed by atoms with Crippen LogP contribution in [0.5, 0.6) is 11.5 Å². The highest BCUT2D eigenvalue weighted by molar-refractivity contribution is 7.99. The van der Waals surface area contributed by atoms with Crippen LogP contribution in [0, 0.1) is 0 Å². The lowest BCUT2D eigenvalue weighted by Gasteiger charge is -2.07. The molecule has 0 aliphatic carbocycles. The third kappa shape index (κ3) is 3.96. The lowest BCUT2D eigenvalue weighted by atomic mass is 10.2. The van der Waals surface area contributed by atoms with Gasteiger partial charge in [0, 0.05) is 5.75 Å². The molecule has 0 aliphatic rings. The van der Waals surface area contributed by atoms with Gasteiger partial charge in [0.25, 0.3) is 0 Å². The van der Waals surface area contributed by atoms with Gasteiger partial charge >= 0.3 is 0 Å². The highest BCUT2D eigenvalue weighted by Crippen LogP contribution is 2.26. The van der Waals surface area contributed by atoms with Gasteiger partial charge in [-0.15, -0.1) is 10.2 Å². The first kappa shape index (κ1) is 15.3. The molecule has 0 spiro atoms. The number of aliphatic hydroxyl groups excluding tert-OH is 1. The van der Waals surface area contributed by atoms with Gasteiger partial charge in [0.05, 0.1) is 27.0 Å². The van der Waals surface area contributed by atoms with Crippen LogP contribution in [-0.4, -0.2) is 52.8 Å². The zero-order valence-corrected chi connectivity index (χ0v) is 12.6. The Morgan fingerprint density at radius 1 is 1.33 bits per heavy atom.